The fourth-order valence-corrected chi connectivity index (χ4v) is 4.66. The molecule has 7 heteroatoms. The number of benzene rings is 2. The first-order chi connectivity index (χ1) is 16.9. The van der Waals surface area contributed by atoms with E-state index in [-0.39, 0.29) is 18.3 Å². The van der Waals surface area contributed by atoms with Crippen molar-refractivity contribution in [2.24, 2.45) is 0 Å². The Kier molecular flexibility index (Phi) is 7.96. The quantitative estimate of drug-likeness (QED) is 0.555. The van der Waals surface area contributed by atoms with E-state index in [1.165, 1.54) is 17.7 Å². The summed E-state index contributed by atoms with van der Waals surface area (Å²) < 4.78 is 15.3. The van der Waals surface area contributed by atoms with Crippen LogP contribution in [0.2, 0.25) is 0 Å². The van der Waals surface area contributed by atoms with Gasteiger partial charge in [0.05, 0.1) is 12.1 Å². The number of nitrogens with zero attached hydrogens (tertiary/aromatic N) is 4. The van der Waals surface area contributed by atoms with Crippen LogP contribution in [0, 0.1) is 31.0 Å². The lowest BCUT2D eigenvalue weighted by atomic mass is 10.2. The lowest BCUT2D eigenvalue weighted by Gasteiger charge is -2.22. The number of hydrogen-bond donors (Lipinski definition) is 1. The number of hydrogen-bond acceptors (Lipinski definition) is 4. The number of anilines is 1. The molecule has 1 fully saturated rings. The van der Waals surface area contributed by atoms with E-state index in [9.17, 15) is 14.4 Å². The summed E-state index contributed by atoms with van der Waals surface area (Å²) in [6.45, 7) is 9.06. The molecule has 0 saturated carbocycles. The number of carbonyl (C=O) groups is 1. The number of rotatable bonds is 7. The monoisotopic (exact) mass is 473 g/mol. The van der Waals surface area contributed by atoms with Gasteiger partial charge in [-0.15, -0.1) is 0 Å². The second-order valence-corrected chi connectivity index (χ2v) is 9.20. The van der Waals surface area contributed by atoms with E-state index in [2.05, 4.69) is 45.5 Å². The molecule has 6 nitrogen and oxygen atoms in total. The van der Waals surface area contributed by atoms with Gasteiger partial charge in [-0.05, 0) is 62.2 Å². The molecule has 4 rings (SSSR count). The highest BCUT2D eigenvalue weighted by molar-refractivity contribution is 5.93. The summed E-state index contributed by atoms with van der Waals surface area (Å²) in [5.74, 6) is 0.0911. The van der Waals surface area contributed by atoms with Crippen LogP contribution < -0.4 is 5.32 Å². The largest absolute Gasteiger partial charge is 0.326 e. The van der Waals surface area contributed by atoms with Crippen molar-refractivity contribution >= 4 is 11.7 Å². The van der Waals surface area contributed by atoms with Crippen molar-refractivity contribution in [1.82, 2.24) is 14.4 Å². The molecule has 3 aromatic rings. The first kappa shape index (κ1) is 24.6. The molecule has 1 aliphatic rings. The highest BCUT2D eigenvalue weighted by Gasteiger charge is 2.22. The second-order valence-electron chi connectivity index (χ2n) is 9.20. The number of aromatic nitrogens is 1. The maximum Gasteiger partial charge on any atom is 0.239 e. The van der Waals surface area contributed by atoms with E-state index in [0.29, 0.717) is 17.9 Å². The Labute approximate surface area is 206 Å². The topological polar surface area (TPSA) is 64.3 Å². The number of carbonyl (C=O) groups excluding carboxylic acids is 1. The molecule has 2 heterocycles. The Morgan fingerprint density at radius 2 is 1.60 bits per heavy atom. The van der Waals surface area contributed by atoms with Crippen LogP contribution in [0.4, 0.5) is 10.2 Å². The predicted octanol–water partition coefficient (Wildman–Crippen LogP) is 4.31. The highest BCUT2D eigenvalue weighted by Crippen LogP contribution is 2.27. The van der Waals surface area contributed by atoms with Crippen LogP contribution in [0.25, 0.3) is 0 Å². The molecule has 1 aliphatic heterocycles. The minimum Gasteiger partial charge on any atom is -0.326 e. The van der Waals surface area contributed by atoms with Gasteiger partial charge in [0.15, 0.2) is 0 Å². The predicted molar refractivity (Wildman–Crippen MR) is 136 cm³/mol. The zero-order chi connectivity index (χ0) is 24.8. The Morgan fingerprint density at radius 1 is 0.943 bits per heavy atom. The van der Waals surface area contributed by atoms with Crippen LogP contribution in [0.5, 0.6) is 0 Å². The molecule has 1 saturated heterocycles. The normalized spacial score (nSPS) is 14.9. The minimum absolute atomic E-state index is 0.129. The van der Waals surface area contributed by atoms with Gasteiger partial charge in [0, 0.05) is 31.9 Å². The van der Waals surface area contributed by atoms with Crippen LogP contribution in [0.1, 0.15) is 34.4 Å². The summed E-state index contributed by atoms with van der Waals surface area (Å²) in [6.07, 6.45) is 1.00. The molecular formula is C28H32FN5O. The average Bonchev–Trinajstić information content (AvgIpc) is 2.98. The lowest BCUT2D eigenvalue weighted by Crippen LogP contribution is -2.36. The van der Waals surface area contributed by atoms with Crippen molar-refractivity contribution in [2.45, 2.75) is 33.4 Å². The lowest BCUT2D eigenvalue weighted by molar-refractivity contribution is -0.117. The Bertz CT molecular complexity index is 1200. The summed E-state index contributed by atoms with van der Waals surface area (Å²) >= 11 is 0. The van der Waals surface area contributed by atoms with E-state index >= 15 is 0 Å². The minimum atomic E-state index is -0.291. The first-order valence-electron chi connectivity index (χ1n) is 12.1. The zero-order valence-corrected chi connectivity index (χ0v) is 20.4. The van der Waals surface area contributed by atoms with Gasteiger partial charge in [0.1, 0.15) is 17.7 Å². The second kappa shape index (κ2) is 11.3. The van der Waals surface area contributed by atoms with Gasteiger partial charge in [-0.25, -0.2) is 4.39 Å². The van der Waals surface area contributed by atoms with E-state index in [1.807, 2.05) is 24.5 Å². The SMILES string of the molecule is Cc1c(C#N)c(NC(=O)CN2CCCN(Cc3ccccc3)CC2)n(Cc2ccc(F)cc2)c1C. The smallest absolute Gasteiger partial charge is 0.239 e. The van der Waals surface area contributed by atoms with Gasteiger partial charge in [0.25, 0.3) is 0 Å². The number of amides is 1. The van der Waals surface area contributed by atoms with E-state index in [0.717, 1.165) is 56.0 Å². The standard InChI is InChI=1S/C28H32FN5O/c1-21-22(2)34(19-24-9-11-25(29)12-10-24)28(26(21)17-30)31-27(35)20-33-14-6-13-32(15-16-33)18-23-7-4-3-5-8-23/h3-5,7-12H,6,13-16,18-20H2,1-2H3,(H,31,35). The summed E-state index contributed by atoms with van der Waals surface area (Å²) in [4.78, 5) is 17.7. The molecule has 35 heavy (non-hydrogen) atoms. The summed E-state index contributed by atoms with van der Waals surface area (Å²) in [5, 5.41) is 12.8. The van der Waals surface area contributed by atoms with Crippen LogP contribution in [-0.2, 0) is 17.9 Å². The molecule has 1 amide bonds. The van der Waals surface area contributed by atoms with Crippen LogP contribution in [-0.4, -0.2) is 53.0 Å². The molecule has 1 aromatic heterocycles. The molecule has 1 N–H and O–H groups in total. The molecule has 0 bridgehead atoms. The maximum atomic E-state index is 13.3. The third-order valence-electron chi connectivity index (χ3n) is 6.75. The Morgan fingerprint density at radius 3 is 2.31 bits per heavy atom. The summed E-state index contributed by atoms with van der Waals surface area (Å²) in [5.41, 5.74) is 4.43. The third-order valence-corrected chi connectivity index (χ3v) is 6.75. The van der Waals surface area contributed by atoms with E-state index in [1.54, 1.807) is 12.1 Å². The van der Waals surface area contributed by atoms with Gasteiger partial charge < -0.3 is 9.88 Å². The average molecular weight is 474 g/mol. The summed E-state index contributed by atoms with van der Waals surface area (Å²) in [6, 6.07) is 19.0. The fraction of sp³-hybridized carbons (Fsp3) is 0.357. The van der Waals surface area contributed by atoms with Gasteiger partial charge in [-0.3, -0.25) is 14.6 Å². The van der Waals surface area contributed by atoms with Gasteiger partial charge in [-0.1, -0.05) is 42.5 Å². The fourth-order valence-electron chi connectivity index (χ4n) is 4.66. The van der Waals surface area contributed by atoms with Gasteiger partial charge in [0.2, 0.25) is 5.91 Å². The van der Waals surface area contributed by atoms with Crippen molar-refractivity contribution in [3.63, 3.8) is 0 Å². The van der Waals surface area contributed by atoms with E-state index in [4.69, 9.17) is 0 Å². The molecule has 0 unspecified atom stereocenters. The molecule has 0 atom stereocenters. The zero-order valence-electron chi connectivity index (χ0n) is 20.4. The summed E-state index contributed by atoms with van der Waals surface area (Å²) in [7, 11) is 0. The van der Waals surface area contributed by atoms with E-state index < -0.39 is 0 Å². The molecule has 182 valence electrons. The van der Waals surface area contributed by atoms with Crippen molar-refractivity contribution in [2.75, 3.05) is 38.0 Å². The number of halogens is 1. The first-order valence-corrected chi connectivity index (χ1v) is 12.1. The van der Waals surface area contributed by atoms with Gasteiger partial charge in [-0.2, -0.15) is 5.26 Å². The van der Waals surface area contributed by atoms with Crippen molar-refractivity contribution in [3.8, 4) is 6.07 Å². The molecule has 0 spiro atoms. The number of nitrogens with one attached hydrogen (secondary N) is 1. The van der Waals surface area contributed by atoms with Crippen molar-refractivity contribution in [1.29, 1.82) is 5.26 Å². The van der Waals surface area contributed by atoms with Crippen molar-refractivity contribution in [3.05, 3.63) is 88.4 Å². The molecule has 0 aliphatic carbocycles. The molecule has 2 aromatic carbocycles. The van der Waals surface area contributed by atoms with Crippen molar-refractivity contribution < 1.29 is 9.18 Å². The van der Waals surface area contributed by atoms with Crippen LogP contribution in [0.15, 0.2) is 54.6 Å². The number of nitriles is 1. The highest BCUT2D eigenvalue weighted by atomic mass is 19.1. The maximum absolute atomic E-state index is 13.3. The molecular weight excluding hydrogens is 441 g/mol. The molecule has 0 radical (unpaired) electrons. The van der Waals surface area contributed by atoms with Crippen LogP contribution >= 0.6 is 0 Å². The Balaban J connectivity index is 1.41. The Hall–Kier alpha value is -3.47. The van der Waals surface area contributed by atoms with Gasteiger partial charge >= 0.3 is 0 Å². The van der Waals surface area contributed by atoms with Crippen LogP contribution in [0.3, 0.4) is 0 Å². The third kappa shape index (κ3) is 6.16.